The zero-order chi connectivity index (χ0) is 14.5. The van der Waals surface area contributed by atoms with Gasteiger partial charge in [-0.3, -0.25) is 9.69 Å². The Bertz CT molecular complexity index is 278. The summed E-state index contributed by atoms with van der Waals surface area (Å²) < 4.78 is 0. The second-order valence-corrected chi connectivity index (χ2v) is 6.63. The highest BCUT2D eigenvalue weighted by atomic mass is 16.2. The summed E-state index contributed by atoms with van der Waals surface area (Å²) in [5.74, 6) is 0.224. The van der Waals surface area contributed by atoms with Crippen molar-refractivity contribution in [2.45, 2.75) is 26.3 Å². The molecule has 0 atom stereocenters. The summed E-state index contributed by atoms with van der Waals surface area (Å²) in [5, 5.41) is 3.26. The van der Waals surface area contributed by atoms with E-state index >= 15 is 0 Å². The first-order valence-corrected chi connectivity index (χ1v) is 7.18. The van der Waals surface area contributed by atoms with Gasteiger partial charge in [-0.2, -0.15) is 0 Å². The Kier molecular flexibility index (Phi) is 6.23. The minimum Gasteiger partial charge on any atom is -0.339 e. The Morgan fingerprint density at radius 1 is 1.16 bits per heavy atom. The topological polar surface area (TPSA) is 38.8 Å². The number of likely N-dealkylation sites (N-methyl/N-ethyl adjacent to an activating group) is 1. The molecule has 5 nitrogen and oxygen atoms in total. The van der Waals surface area contributed by atoms with Gasteiger partial charge in [-0.15, -0.1) is 0 Å². The third-order valence-corrected chi connectivity index (χ3v) is 3.36. The number of hydrogen-bond acceptors (Lipinski definition) is 4. The Balaban J connectivity index is 2.23. The van der Waals surface area contributed by atoms with Gasteiger partial charge in [0.15, 0.2) is 0 Å². The maximum absolute atomic E-state index is 12.1. The Morgan fingerprint density at radius 3 is 2.21 bits per heavy atom. The first-order valence-electron chi connectivity index (χ1n) is 7.18. The number of nitrogens with zero attached hydrogens (tertiary/aromatic N) is 3. The van der Waals surface area contributed by atoms with E-state index in [2.05, 4.69) is 50.0 Å². The van der Waals surface area contributed by atoms with E-state index in [4.69, 9.17) is 0 Å². The van der Waals surface area contributed by atoms with Crippen LogP contribution >= 0.6 is 0 Å². The molecule has 0 aromatic heterocycles. The molecule has 1 fully saturated rings. The van der Waals surface area contributed by atoms with Crippen LogP contribution < -0.4 is 5.32 Å². The predicted octanol–water partition coefficient (Wildman–Crippen LogP) is 0.0803. The van der Waals surface area contributed by atoms with Crippen molar-refractivity contribution < 1.29 is 4.79 Å². The summed E-state index contributed by atoms with van der Waals surface area (Å²) >= 11 is 0. The Hall–Kier alpha value is -0.650. The van der Waals surface area contributed by atoms with Crippen molar-refractivity contribution in [3.8, 4) is 0 Å². The summed E-state index contributed by atoms with van der Waals surface area (Å²) in [4.78, 5) is 18.7. The highest BCUT2D eigenvalue weighted by molar-refractivity contribution is 5.78. The number of hydrogen-bond donors (Lipinski definition) is 1. The lowest BCUT2D eigenvalue weighted by Crippen LogP contribution is -2.53. The Labute approximate surface area is 117 Å². The molecule has 1 rings (SSSR count). The number of amides is 1. The molecule has 5 heteroatoms. The fourth-order valence-electron chi connectivity index (χ4n) is 2.01. The normalized spacial score (nSPS) is 18.1. The fourth-order valence-corrected chi connectivity index (χ4v) is 2.01. The van der Waals surface area contributed by atoms with Gasteiger partial charge < -0.3 is 15.1 Å². The van der Waals surface area contributed by atoms with E-state index < -0.39 is 0 Å². The van der Waals surface area contributed by atoms with E-state index in [1.165, 1.54) is 0 Å². The minimum absolute atomic E-state index is 0.00317. The van der Waals surface area contributed by atoms with E-state index in [9.17, 15) is 4.79 Å². The SMILES string of the molecule is CN(C)CCN1CCN(C(=O)CNC(C)(C)C)CC1. The van der Waals surface area contributed by atoms with E-state index in [-0.39, 0.29) is 11.4 Å². The van der Waals surface area contributed by atoms with Crippen LogP contribution in [0.3, 0.4) is 0 Å². The number of nitrogens with one attached hydrogen (secondary N) is 1. The average molecular weight is 270 g/mol. The van der Waals surface area contributed by atoms with Crippen LogP contribution in [0.25, 0.3) is 0 Å². The van der Waals surface area contributed by atoms with Crippen molar-refractivity contribution in [2.75, 3.05) is 59.9 Å². The summed E-state index contributed by atoms with van der Waals surface area (Å²) in [5.41, 5.74) is 0.00317. The third-order valence-electron chi connectivity index (χ3n) is 3.36. The molecule has 0 bridgehead atoms. The Morgan fingerprint density at radius 2 is 1.74 bits per heavy atom. The molecule has 1 amide bonds. The molecular formula is C14H30N4O. The first kappa shape index (κ1) is 16.4. The van der Waals surface area contributed by atoms with Gasteiger partial charge in [0.1, 0.15) is 0 Å². The van der Waals surface area contributed by atoms with Crippen LogP contribution in [0, 0.1) is 0 Å². The van der Waals surface area contributed by atoms with Gasteiger partial charge >= 0.3 is 0 Å². The molecule has 0 saturated carbocycles. The molecule has 1 aliphatic heterocycles. The molecular weight excluding hydrogens is 240 g/mol. The number of carbonyl (C=O) groups excluding carboxylic acids is 1. The average Bonchev–Trinajstić information content (AvgIpc) is 2.33. The van der Waals surface area contributed by atoms with Gasteiger partial charge in [0, 0.05) is 44.8 Å². The van der Waals surface area contributed by atoms with Crippen molar-refractivity contribution in [2.24, 2.45) is 0 Å². The molecule has 0 unspecified atom stereocenters. The van der Waals surface area contributed by atoms with Crippen LogP contribution in [0.15, 0.2) is 0 Å². The van der Waals surface area contributed by atoms with Crippen LogP contribution in [0.2, 0.25) is 0 Å². The highest BCUT2D eigenvalue weighted by Crippen LogP contribution is 2.03. The van der Waals surface area contributed by atoms with Gasteiger partial charge in [0.2, 0.25) is 5.91 Å². The summed E-state index contributed by atoms with van der Waals surface area (Å²) in [6.45, 7) is 12.6. The van der Waals surface area contributed by atoms with Crippen molar-refractivity contribution >= 4 is 5.91 Å². The predicted molar refractivity (Wildman–Crippen MR) is 79.3 cm³/mol. The molecule has 19 heavy (non-hydrogen) atoms. The maximum Gasteiger partial charge on any atom is 0.236 e. The van der Waals surface area contributed by atoms with Gasteiger partial charge in [0.25, 0.3) is 0 Å². The first-order chi connectivity index (χ1) is 8.78. The molecule has 0 aromatic carbocycles. The lowest BCUT2D eigenvalue weighted by Gasteiger charge is -2.35. The molecule has 0 spiro atoms. The van der Waals surface area contributed by atoms with Gasteiger partial charge in [-0.25, -0.2) is 0 Å². The zero-order valence-corrected chi connectivity index (χ0v) is 13.2. The van der Waals surface area contributed by atoms with E-state index in [1.807, 2.05) is 4.90 Å². The van der Waals surface area contributed by atoms with Crippen LogP contribution in [-0.2, 0) is 4.79 Å². The molecule has 1 saturated heterocycles. The van der Waals surface area contributed by atoms with Gasteiger partial charge in [0.05, 0.1) is 6.54 Å². The molecule has 0 radical (unpaired) electrons. The lowest BCUT2D eigenvalue weighted by atomic mass is 10.1. The zero-order valence-electron chi connectivity index (χ0n) is 13.2. The van der Waals surface area contributed by atoms with Crippen molar-refractivity contribution in [3.05, 3.63) is 0 Å². The largest absolute Gasteiger partial charge is 0.339 e. The van der Waals surface area contributed by atoms with Crippen molar-refractivity contribution in [3.63, 3.8) is 0 Å². The summed E-state index contributed by atoms with van der Waals surface area (Å²) in [6, 6.07) is 0. The van der Waals surface area contributed by atoms with Crippen molar-refractivity contribution in [1.29, 1.82) is 0 Å². The van der Waals surface area contributed by atoms with E-state index in [0.717, 1.165) is 39.3 Å². The second-order valence-electron chi connectivity index (χ2n) is 6.63. The van der Waals surface area contributed by atoms with Crippen LogP contribution in [-0.4, -0.2) is 86.1 Å². The van der Waals surface area contributed by atoms with Crippen LogP contribution in [0.5, 0.6) is 0 Å². The fraction of sp³-hybridized carbons (Fsp3) is 0.929. The van der Waals surface area contributed by atoms with Gasteiger partial charge in [-0.1, -0.05) is 0 Å². The summed E-state index contributed by atoms with van der Waals surface area (Å²) in [7, 11) is 4.19. The molecule has 1 heterocycles. The number of carbonyl (C=O) groups is 1. The number of rotatable bonds is 5. The smallest absolute Gasteiger partial charge is 0.236 e. The monoisotopic (exact) mass is 270 g/mol. The maximum atomic E-state index is 12.1. The minimum atomic E-state index is 0.00317. The van der Waals surface area contributed by atoms with Crippen LogP contribution in [0.4, 0.5) is 0 Å². The molecule has 1 N–H and O–H groups in total. The molecule has 1 aliphatic rings. The molecule has 0 aliphatic carbocycles. The van der Waals surface area contributed by atoms with Crippen LogP contribution in [0.1, 0.15) is 20.8 Å². The van der Waals surface area contributed by atoms with E-state index in [0.29, 0.717) is 6.54 Å². The summed E-state index contributed by atoms with van der Waals surface area (Å²) in [6.07, 6.45) is 0. The third kappa shape index (κ3) is 6.89. The quantitative estimate of drug-likeness (QED) is 0.768. The lowest BCUT2D eigenvalue weighted by molar-refractivity contribution is -0.132. The van der Waals surface area contributed by atoms with Crippen molar-refractivity contribution in [1.82, 2.24) is 20.0 Å². The highest BCUT2D eigenvalue weighted by Gasteiger charge is 2.21. The number of piperazine rings is 1. The standard InChI is InChI=1S/C14H30N4O/c1-14(2,3)15-12-13(19)18-10-8-17(9-11-18)7-6-16(4)5/h15H,6-12H2,1-5H3. The molecule has 0 aromatic rings. The van der Waals surface area contributed by atoms with E-state index in [1.54, 1.807) is 0 Å². The molecule has 112 valence electrons. The van der Waals surface area contributed by atoms with Gasteiger partial charge in [-0.05, 0) is 34.9 Å². The second kappa shape index (κ2) is 7.22.